The summed E-state index contributed by atoms with van der Waals surface area (Å²) in [6, 6.07) is 6.07. The first kappa shape index (κ1) is 20.1. The molecule has 0 radical (unpaired) electrons. The number of ether oxygens (including phenoxy) is 1. The average Bonchev–Trinajstić information content (AvgIpc) is 2.89. The number of carbonyl (C=O) groups excluding carboxylic acids is 2. The smallest absolute Gasteiger partial charge is 0.348 e. The molecule has 0 aliphatic carbocycles. The van der Waals surface area contributed by atoms with E-state index in [0.717, 1.165) is 11.3 Å². The van der Waals surface area contributed by atoms with Crippen molar-refractivity contribution in [2.75, 3.05) is 5.32 Å². The Kier molecular flexibility index (Phi) is 5.92. The Balaban J connectivity index is 2.36. The van der Waals surface area contributed by atoms with Crippen molar-refractivity contribution in [2.24, 2.45) is 0 Å². The minimum absolute atomic E-state index is 0.0774. The van der Waals surface area contributed by atoms with Crippen LogP contribution in [0.5, 0.6) is 0 Å². The zero-order valence-corrected chi connectivity index (χ0v) is 16.0. The van der Waals surface area contributed by atoms with Gasteiger partial charge in [0.05, 0.1) is 16.6 Å². The lowest BCUT2D eigenvalue weighted by atomic mass is 10.1. The summed E-state index contributed by atoms with van der Waals surface area (Å²) in [4.78, 5) is 35.4. The molecule has 2 aromatic rings. The predicted octanol–water partition coefficient (Wildman–Crippen LogP) is 3.96. The zero-order chi connectivity index (χ0) is 20.3. The van der Waals surface area contributed by atoms with E-state index in [9.17, 15) is 25.0 Å². The molecule has 0 bridgehead atoms. The normalized spacial score (nSPS) is 10.4. The van der Waals surface area contributed by atoms with Gasteiger partial charge < -0.3 is 10.1 Å². The second-order valence-electron chi connectivity index (χ2n) is 6.04. The second-order valence-corrected chi connectivity index (χ2v) is 7.06. The number of nitrogens with zero attached hydrogens (tertiary/aromatic N) is 2. The van der Waals surface area contributed by atoms with Gasteiger partial charge in [0.1, 0.15) is 15.9 Å². The number of hydrogen-bond acceptors (Lipinski definition) is 7. The van der Waals surface area contributed by atoms with Gasteiger partial charge in [0.25, 0.3) is 11.6 Å². The fraction of sp³-hybridized carbons (Fsp3) is 0.278. The van der Waals surface area contributed by atoms with Crippen LogP contribution in [0.15, 0.2) is 18.2 Å². The number of benzene rings is 1. The lowest BCUT2D eigenvalue weighted by Gasteiger charge is -2.06. The molecule has 0 aliphatic rings. The van der Waals surface area contributed by atoms with Crippen molar-refractivity contribution in [3.8, 4) is 6.07 Å². The molecular weight excluding hydrogens is 370 g/mol. The molecule has 2 rings (SSSR count). The third-order valence-corrected chi connectivity index (χ3v) is 4.87. The van der Waals surface area contributed by atoms with Crippen molar-refractivity contribution in [1.29, 1.82) is 5.26 Å². The van der Waals surface area contributed by atoms with E-state index in [1.54, 1.807) is 27.7 Å². The first-order valence-electron chi connectivity index (χ1n) is 7.96. The van der Waals surface area contributed by atoms with Crippen molar-refractivity contribution in [3.63, 3.8) is 0 Å². The Morgan fingerprint density at radius 1 is 1.33 bits per heavy atom. The predicted molar refractivity (Wildman–Crippen MR) is 100 cm³/mol. The van der Waals surface area contributed by atoms with Crippen LogP contribution >= 0.6 is 11.3 Å². The highest BCUT2D eigenvalue weighted by Gasteiger charge is 2.24. The van der Waals surface area contributed by atoms with Crippen LogP contribution in [0.25, 0.3) is 0 Å². The van der Waals surface area contributed by atoms with E-state index in [4.69, 9.17) is 4.74 Å². The van der Waals surface area contributed by atoms with Gasteiger partial charge >= 0.3 is 5.97 Å². The minimum atomic E-state index is -0.611. The number of nitro benzene ring substituents is 1. The van der Waals surface area contributed by atoms with Gasteiger partial charge in [-0.2, -0.15) is 5.26 Å². The van der Waals surface area contributed by atoms with Gasteiger partial charge in [-0.15, -0.1) is 11.3 Å². The Hall–Kier alpha value is -3.25. The fourth-order valence-corrected chi connectivity index (χ4v) is 3.36. The number of rotatable bonds is 5. The Bertz CT molecular complexity index is 972. The van der Waals surface area contributed by atoms with Gasteiger partial charge in [0.15, 0.2) is 0 Å². The highest BCUT2D eigenvalue weighted by Crippen LogP contribution is 2.33. The van der Waals surface area contributed by atoms with Crippen LogP contribution in [-0.4, -0.2) is 22.9 Å². The first-order valence-corrected chi connectivity index (χ1v) is 8.78. The molecule has 0 aliphatic heterocycles. The third-order valence-electron chi connectivity index (χ3n) is 3.68. The molecule has 0 saturated heterocycles. The van der Waals surface area contributed by atoms with Gasteiger partial charge in [-0.1, -0.05) is 6.07 Å². The van der Waals surface area contributed by atoms with Gasteiger partial charge in [0, 0.05) is 17.2 Å². The molecule has 8 nitrogen and oxygen atoms in total. The molecule has 0 spiro atoms. The molecule has 1 heterocycles. The largest absolute Gasteiger partial charge is 0.459 e. The van der Waals surface area contributed by atoms with Crippen molar-refractivity contribution in [2.45, 2.75) is 33.8 Å². The fourth-order valence-electron chi connectivity index (χ4n) is 2.32. The van der Waals surface area contributed by atoms with E-state index in [-0.39, 0.29) is 32.8 Å². The van der Waals surface area contributed by atoms with Crippen LogP contribution < -0.4 is 5.32 Å². The minimum Gasteiger partial charge on any atom is -0.459 e. The topological polar surface area (TPSA) is 122 Å². The van der Waals surface area contributed by atoms with Crippen LogP contribution in [0.4, 0.5) is 10.7 Å². The molecule has 1 N–H and O–H groups in total. The summed E-state index contributed by atoms with van der Waals surface area (Å²) < 4.78 is 5.15. The maximum absolute atomic E-state index is 12.5. The van der Waals surface area contributed by atoms with E-state index in [0.29, 0.717) is 11.1 Å². The van der Waals surface area contributed by atoms with Crippen LogP contribution in [0.3, 0.4) is 0 Å². The molecule has 0 unspecified atom stereocenters. The van der Waals surface area contributed by atoms with Crippen molar-refractivity contribution >= 4 is 33.9 Å². The SMILES string of the molecule is Cc1ccc(C(=O)Nc2sc(C(=O)OC(C)C)c(C)c2C#N)cc1[N+](=O)[O-]. The second kappa shape index (κ2) is 7.97. The summed E-state index contributed by atoms with van der Waals surface area (Å²) in [6.45, 7) is 6.58. The summed E-state index contributed by atoms with van der Waals surface area (Å²) in [6.07, 6.45) is -0.323. The lowest BCUT2D eigenvalue weighted by molar-refractivity contribution is -0.385. The van der Waals surface area contributed by atoms with E-state index in [1.165, 1.54) is 18.2 Å². The molecule has 1 aromatic carbocycles. The number of anilines is 1. The lowest BCUT2D eigenvalue weighted by Crippen LogP contribution is -2.12. The number of nitriles is 1. The average molecular weight is 387 g/mol. The molecule has 0 saturated carbocycles. The maximum Gasteiger partial charge on any atom is 0.348 e. The van der Waals surface area contributed by atoms with Crippen LogP contribution in [0, 0.1) is 35.3 Å². The molecule has 140 valence electrons. The number of thiophene rings is 1. The number of esters is 1. The highest BCUT2D eigenvalue weighted by molar-refractivity contribution is 7.18. The number of carbonyl (C=O) groups is 2. The van der Waals surface area contributed by atoms with Crippen molar-refractivity contribution in [1.82, 2.24) is 0 Å². The Morgan fingerprint density at radius 2 is 2.00 bits per heavy atom. The van der Waals surface area contributed by atoms with E-state index in [1.807, 2.05) is 6.07 Å². The van der Waals surface area contributed by atoms with Crippen molar-refractivity contribution in [3.05, 3.63) is 55.4 Å². The van der Waals surface area contributed by atoms with Gasteiger partial charge in [-0.3, -0.25) is 14.9 Å². The Labute approximate surface area is 159 Å². The highest BCUT2D eigenvalue weighted by atomic mass is 32.1. The van der Waals surface area contributed by atoms with E-state index < -0.39 is 16.8 Å². The maximum atomic E-state index is 12.5. The van der Waals surface area contributed by atoms with E-state index >= 15 is 0 Å². The van der Waals surface area contributed by atoms with Crippen LogP contribution in [-0.2, 0) is 4.74 Å². The number of amides is 1. The molecule has 9 heteroatoms. The first-order chi connectivity index (χ1) is 12.6. The van der Waals surface area contributed by atoms with Gasteiger partial charge in [0.2, 0.25) is 0 Å². The molecule has 1 amide bonds. The molecule has 27 heavy (non-hydrogen) atoms. The molecular formula is C18H17N3O5S. The third kappa shape index (κ3) is 4.30. The molecule has 0 fully saturated rings. The number of nitro groups is 1. The summed E-state index contributed by atoms with van der Waals surface area (Å²) in [5.41, 5.74) is 0.907. The van der Waals surface area contributed by atoms with Crippen molar-refractivity contribution < 1.29 is 19.2 Å². The zero-order valence-electron chi connectivity index (χ0n) is 15.2. The number of aryl methyl sites for hydroxylation is 1. The van der Waals surface area contributed by atoms with Gasteiger partial charge in [-0.25, -0.2) is 4.79 Å². The summed E-state index contributed by atoms with van der Waals surface area (Å²) in [5.74, 6) is -1.19. The molecule has 0 atom stereocenters. The van der Waals surface area contributed by atoms with Crippen LogP contribution in [0.2, 0.25) is 0 Å². The number of nitrogens with one attached hydrogen (secondary N) is 1. The number of hydrogen-bond donors (Lipinski definition) is 1. The monoisotopic (exact) mass is 387 g/mol. The summed E-state index contributed by atoms with van der Waals surface area (Å²) >= 11 is 0.935. The van der Waals surface area contributed by atoms with Gasteiger partial charge in [-0.05, 0) is 39.3 Å². The van der Waals surface area contributed by atoms with Crippen LogP contribution in [0.1, 0.15) is 50.6 Å². The standard InChI is InChI=1S/C18H17N3O5S/c1-9(2)26-18(23)15-11(4)13(8-19)17(27-15)20-16(22)12-6-5-10(3)14(7-12)21(24)25/h5-7,9H,1-4H3,(H,20,22). The summed E-state index contributed by atoms with van der Waals surface area (Å²) in [5, 5.41) is 23.2. The quantitative estimate of drug-likeness (QED) is 0.470. The van der Waals surface area contributed by atoms with E-state index in [2.05, 4.69) is 5.32 Å². The Morgan fingerprint density at radius 3 is 2.56 bits per heavy atom. The summed E-state index contributed by atoms with van der Waals surface area (Å²) in [7, 11) is 0. The molecule has 1 aromatic heterocycles.